The van der Waals surface area contributed by atoms with Gasteiger partial charge in [-0.05, 0) is 25.1 Å². The van der Waals surface area contributed by atoms with Gasteiger partial charge in [0.25, 0.3) is 0 Å². The molecule has 7 heteroatoms. The molecule has 2 amide bonds. The predicted octanol–water partition coefficient (Wildman–Crippen LogP) is 2.20. The van der Waals surface area contributed by atoms with Gasteiger partial charge in [-0.2, -0.15) is 0 Å². The monoisotopic (exact) mass is 341 g/mol. The summed E-state index contributed by atoms with van der Waals surface area (Å²) >= 11 is 5.91. The molecule has 1 aliphatic rings. The van der Waals surface area contributed by atoms with Gasteiger partial charge >= 0.3 is 6.03 Å². The SMILES string of the molecule is CCOCC(CNC(=O)Nc1cccc(Cl)c1)N1CCOCC1. The Kier molecular flexibility index (Phi) is 7.61. The molecule has 1 atom stereocenters. The van der Waals surface area contributed by atoms with Gasteiger partial charge in [0, 0.05) is 37.0 Å². The molecule has 1 aromatic carbocycles. The maximum atomic E-state index is 12.0. The van der Waals surface area contributed by atoms with E-state index in [2.05, 4.69) is 15.5 Å². The molecule has 1 saturated heterocycles. The average Bonchev–Trinajstić information content (AvgIpc) is 2.56. The third kappa shape index (κ3) is 6.35. The highest BCUT2D eigenvalue weighted by atomic mass is 35.5. The average molecular weight is 342 g/mol. The summed E-state index contributed by atoms with van der Waals surface area (Å²) in [5.41, 5.74) is 0.669. The van der Waals surface area contributed by atoms with Crippen LogP contribution in [0.25, 0.3) is 0 Å². The number of carbonyl (C=O) groups is 1. The third-order valence-electron chi connectivity index (χ3n) is 3.66. The molecule has 1 aliphatic heterocycles. The number of hydrogen-bond donors (Lipinski definition) is 2. The van der Waals surface area contributed by atoms with E-state index in [1.807, 2.05) is 6.92 Å². The minimum absolute atomic E-state index is 0.143. The first-order valence-electron chi connectivity index (χ1n) is 7.89. The van der Waals surface area contributed by atoms with E-state index < -0.39 is 0 Å². The Labute approximate surface area is 142 Å². The number of nitrogens with one attached hydrogen (secondary N) is 2. The fourth-order valence-corrected chi connectivity index (χ4v) is 2.63. The van der Waals surface area contributed by atoms with Gasteiger partial charge in [-0.3, -0.25) is 4.90 Å². The number of rotatable bonds is 7. The molecule has 0 spiro atoms. The van der Waals surface area contributed by atoms with E-state index in [9.17, 15) is 4.79 Å². The maximum Gasteiger partial charge on any atom is 0.319 e. The Hall–Kier alpha value is -1.34. The number of carbonyl (C=O) groups excluding carboxylic acids is 1. The number of amides is 2. The Morgan fingerprint density at radius 2 is 2.22 bits per heavy atom. The minimum Gasteiger partial charge on any atom is -0.380 e. The van der Waals surface area contributed by atoms with Crippen molar-refractivity contribution in [3.63, 3.8) is 0 Å². The van der Waals surface area contributed by atoms with Crippen LogP contribution in [0.4, 0.5) is 10.5 Å². The summed E-state index contributed by atoms with van der Waals surface area (Å²) < 4.78 is 10.9. The molecular weight excluding hydrogens is 318 g/mol. The lowest BCUT2D eigenvalue weighted by molar-refractivity contribution is -0.00770. The van der Waals surface area contributed by atoms with E-state index in [1.54, 1.807) is 24.3 Å². The zero-order valence-corrected chi connectivity index (χ0v) is 14.1. The molecule has 1 fully saturated rings. The van der Waals surface area contributed by atoms with Crippen molar-refractivity contribution < 1.29 is 14.3 Å². The van der Waals surface area contributed by atoms with Crippen molar-refractivity contribution in [2.75, 3.05) is 51.4 Å². The Balaban J connectivity index is 1.82. The smallest absolute Gasteiger partial charge is 0.319 e. The number of ether oxygens (including phenoxy) is 2. The van der Waals surface area contributed by atoms with Gasteiger partial charge in [0.2, 0.25) is 0 Å². The number of hydrogen-bond acceptors (Lipinski definition) is 4. The normalized spacial score (nSPS) is 16.8. The minimum atomic E-state index is -0.248. The fourth-order valence-electron chi connectivity index (χ4n) is 2.44. The summed E-state index contributed by atoms with van der Waals surface area (Å²) in [4.78, 5) is 14.3. The van der Waals surface area contributed by atoms with E-state index in [4.69, 9.17) is 21.1 Å². The van der Waals surface area contributed by atoms with Crippen molar-refractivity contribution >= 4 is 23.3 Å². The molecule has 2 rings (SSSR count). The van der Waals surface area contributed by atoms with Crippen molar-refractivity contribution in [1.29, 1.82) is 0 Å². The molecule has 128 valence electrons. The van der Waals surface area contributed by atoms with Gasteiger partial charge in [0.15, 0.2) is 0 Å². The third-order valence-corrected chi connectivity index (χ3v) is 3.89. The molecule has 0 bridgehead atoms. The van der Waals surface area contributed by atoms with Crippen LogP contribution in [0.3, 0.4) is 0 Å². The Bertz CT molecular complexity index is 495. The van der Waals surface area contributed by atoms with Gasteiger partial charge in [-0.25, -0.2) is 4.79 Å². The van der Waals surface area contributed by atoms with Crippen LogP contribution in [-0.4, -0.2) is 63.0 Å². The van der Waals surface area contributed by atoms with E-state index in [1.165, 1.54) is 0 Å². The van der Waals surface area contributed by atoms with Crippen molar-refractivity contribution in [1.82, 2.24) is 10.2 Å². The van der Waals surface area contributed by atoms with Crippen LogP contribution in [-0.2, 0) is 9.47 Å². The summed E-state index contributed by atoms with van der Waals surface area (Å²) in [6.07, 6.45) is 0. The molecule has 23 heavy (non-hydrogen) atoms. The molecule has 0 radical (unpaired) electrons. The molecular formula is C16H24ClN3O3. The van der Waals surface area contributed by atoms with Gasteiger partial charge in [-0.15, -0.1) is 0 Å². The number of halogens is 1. The van der Waals surface area contributed by atoms with E-state index >= 15 is 0 Å². The molecule has 2 N–H and O–H groups in total. The lowest BCUT2D eigenvalue weighted by atomic mass is 10.2. The highest BCUT2D eigenvalue weighted by Crippen LogP contribution is 2.14. The number of urea groups is 1. The Morgan fingerprint density at radius 1 is 1.43 bits per heavy atom. The van der Waals surface area contributed by atoms with Gasteiger partial charge in [0.05, 0.1) is 25.9 Å². The molecule has 6 nitrogen and oxygen atoms in total. The highest BCUT2D eigenvalue weighted by molar-refractivity contribution is 6.30. The van der Waals surface area contributed by atoms with Crippen LogP contribution in [0.1, 0.15) is 6.92 Å². The van der Waals surface area contributed by atoms with Crippen molar-refractivity contribution in [3.8, 4) is 0 Å². The van der Waals surface area contributed by atoms with Crippen molar-refractivity contribution in [3.05, 3.63) is 29.3 Å². The summed E-state index contributed by atoms with van der Waals surface area (Å²) in [6, 6.07) is 6.96. The first-order chi connectivity index (χ1) is 11.2. The summed E-state index contributed by atoms with van der Waals surface area (Å²) in [7, 11) is 0. The topological polar surface area (TPSA) is 62.8 Å². The largest absolute Gasteiger partial charge is 0.380 e. The van der Waals surface area contributed by atoms with Crippen LogP contribution in [0.2, 0.25) is 5.02 Å². The summed E-state index contributed by atoms with van der Waals surface area (Å²) in [5.74, 6) is 0. The summed E-state index contributed by atoms with van der Waals surface area (Å²) in [6.45, 7) is 6.89. The van der Waals surface area contributed by atoms with Crippen LogP contribution < -0.4 is 10.6 Å². The second-order valence-corrected chi connectivity index (χ2v) is 5.74. The van der Waals surface area contributed by atoms with Crippen molar-refractivity contribution in [2.24, 2.45) is 0 Å². The van der Waals surface area contributed by atoms with E-state index in [0.717, 1.165) is 26.3 Å². The highest BCUT2D eigenvalue weighted by Gasteiger charge is 2.21. The van der Waals surface area contributed by atoms with Crippen molar-refractivity contribution in [2.45, 2.75) is 13.0 Å². The molecule has 1 aromatic rings. The van der Waals surface area contributed by atoms with Crippen LogP contribution >= 0.6 is 11.6 Å². The number of nitrogens with zero attached hydrogens (tertiary/aromatic N) is 1. The Morgan fingerprint density at radius 3 is 2.91 bits per heavy atom. The van der Waals surface area contributed by atoms with E-state index in [-0.39, 0.29) is 12.1 Å². The van der Waals surface area contributed by atoms with Crippen LogP contribution in [0, 0.1) is 0 Å². The molecule has 1 heterocycles. The van der Waals surface area contributed by atoms with E-state index in [0.29, 0.717) is 30.5 Å². The maximum absolute atomic E-state index is 12.0. The first kappa shape index (κ1) is 18.0. The van der Waals surface area contributed by atoms with Gasteiger partial charge in [0.1, 0.15) is 0 Å². The van der Waals surface area contributed by atoms with Crippen LogP contribution in [0.5, 0.6) is 0 Å². The van der Waals surface area contributed by atoms with Gasteiger partial charge < -0.3 is 20.1 Å². The lowest BCUT2D eigenvalue weighted by Gasteiger charge is -2.34. The molecule has 0 saturated carbocycles. The number of morpholine rings is 1. The molecule has 1 unspecified atom stereocenters. The number of benzene rings is 1. The fraction of sp³-hybridized carbons (Fsp3) is 0.562. The first-order valence-corrected chi connectivity index (χ1v) is 8.26. The standard InChI is InChI=1S/C16H24ClN3O3/c1-2-22-12-15(20-6-8-23-9-7-20)11-18-16(21)19-14-5-3-4-13(17)10-14/h3-5,10,15H,2,6-9,11-12H2,1H3,(H2,18,19,21). The lowest BCUT2D eigenvalue weighted by Crippen LogP contribution is -2.51. The second-order valence-electron chi connectivity index (χ2n) is 5.31. The van der Waals surface area contributed by atoms with Gasteiger partial charge in [-0.1, -0.05) is 17.7 Å². The zero-order chi connectivity index (χ0) is 16.5. The summed E-state index contributed by atoms with van der Waals surface area (Å²) in [5, 5.41) is 6.27. The molecule has 0 aliphatic carbocycles. The zero-order valence-electron chi connectivity index (χ0n) is 13.4. The quantitative estimate of drug-likeness (QED) is 0.798. The molecule has 0 aromatic heterocycles. The van der Waals surface area contributed by atoms with Crippen LogP contribution in [0.15, 0.2) is 24.3 Å². The number of anilines is 1. The second kappa shape index (κ2) is 9.72. The predicted molar refractivity (Wildman–Crippen MR) is 91.1 cm³/mol.